The molecule has 2 aromatic rings. The third-order valence-corrected chi connectivity index (χ3v) is 5.35. The molecule has 0 radical (unpaired) electrons. The van der Waals surface area contributed by atoms with E-state index in [-0.39, 0.29) is 6.61 Å². The van der Waals surface area contributed by atoms with Crippen LogP contribution < -0.4 is 0 Å². The second-order valence-electron chi connectivity index (χ2n) is 7.46. The molecule has 3 rings (SSSR count). The summed E-state index contributed by atoms with van der Waals surface area (Å²) in [6.45, 7) is 6.73. The average Bonchev–Trinajstić information content (AvgIpc) is 3.11. The maximum atomic E-state index is 9.05. The molecule has 2 aromatic heterocycles. The topological polar surface area (TPSA) is 75.2 Å². The molecule has 1 aliphatic heterocycles. The van der Waals surface area contributed by atoms with Gasteiger partial charge >= 0.3 is 0 Å². The summed E-state index contributed by atoms with van der Waals surface area (Å²) in [5.41, 5.74) is 2.44. The Morgan fingerprint density at radius 2 is 1.96 bits per heavy atom. The van der Waals surface area contributed by atoms with Crippen LogP contribution in [0.5, 0.6) is 0 Å². The van der Waals surface area contributed by atoms with Gasteiger partial charge in [-0.05, 0) is 39.9 Å². The Morgan fingerprint density at radius 3 is 2.58 bits per heavy atom. The molecule has 26 heavy (non-hydrogen) atoms. The summed E-state index contributed by atoms with van der Waals surface area (Å²) in [5.74, 6) is 2.52. The van der Waals surface area contributed by atoms with Crippen molar-refractivity contribution in [3.63, 3.8) is 0 Å². The molecule has 0 spiro atoms. The minimum atomic E-state index is 0.163. The first-order valence-electron chi connectivity index (χ1n) is 9.37. The highest BCUT2D eigenvalue weighted by Crippen LogP contribution is 2.28. The van der Waals surface area contributed by atoms with Crippen LogP contribution in [0, 0.1) is 6.92 Å². The lowest BCUT2D eigenvalue weighted by atomic mass is 9.95. The van der Waals surface area contributed by atoms with Crippen molar-refractivity contribution in [3.05, 3.63) is 29.1 Å². The number of rotatable bonds is 7. The van der Waals surface area contributed by atoms with Crippen molar-refractivity contribution in [3.8, 4) is 0 Å². The van der Waals surface area contributed by atoms with Crippen LogP contribution in [-0.2, 0) is 27.2 Å². The van der Waals surface area contributed by atoms with Crippen LogP contribution in [0.3, 0.4) is 0 Å². The molecule has 0 unspecified atom stereocenters. The molecule has 0 saturated carbocycles. The minimum Gasteiger partial charge on any atom is -0.395 e. The van der Waals surface area contributed by atoms with Crippen molar-refractivity contribution in [2.75, 3.05) is 33.3 Å². The molecule has 0 bridgehead atoms. The summed E-state index contributed by atoms with van der Waals surface area (Å²) in [5, 5.41) is 22.3. The average molecular weight is 361 g/mol. The van der Waals surface area contributed by atoms with Crippen LogP contribution in [0.4, 0.5) is 0 Å². The van der Waals surface area contributed by atoms with Gasteiger partial charge < -0.3 is 9.67 Å². The van der Waals surface area contributed by atoms with Gasteiger partial charge in [0.2, 0.25) is 0 Å². The van der Waals surface area contributed by atoms with Gasteiger partial charge in [-0.15, -0.1) is 10.2 Å². The molecule has 1 fully saturated rings. The zero-order valence-electron chi connectivity index (χ0n) is 16.4. The van der Waals surface area contributed by atoms with E-state index in [4.69, 9.17) is 5.11 Å². The van der Waals surface area contributed by atoms with Gasteiger partial charge in [-0.25, -0.2) is 0 Å². The third kappa shape index (κ3) is 4.31. The summed E-state index contributed by atoms with van der Waals surface area (Å²) in [6, 6.07) is 0. The van der Waals surface area contributed by atoms with Gasteiger partial charge in [-0.3, -0.25) is 14.5 Å². The van der Waals surface area contributed by atoms with E-state index < -0.39 is 0 Å². The fourth-order valence-electron chi connectivity index (χ4n) is 3.75. The van der Waals surface area contributed by atoms with Crippen molar-refractivity contribution in [2.45, 2.75) is 38.8 Å². The number of aromatic nitrogens is 5. The second kappa shape index (κ2) is 8.28. The van der Waals surface area contributed by atoms with Crippen LogP contribution in [0.15, 0.2) is 6.20 Å². The number of likely N-dealkylation sites (N-methyl/N-ethyl adjacent to an activating group) is 1. The van der Waals surface area contributed by atoms with E-state index in [0.29, 0.717) is 19.0 Å². The number of piperidine rings is 1. The summed E-state index contributed by atoms with van der Waals surface area (Å²) >= 11 is 0. The number of aliphatic hydroxyl groups is 1. The first kappa shape index (κ1) is 19.0. The third-order valence-electron chi connectivity index (χ3n) is 5.35. The van der Waals surface area contributed by atoms with Crippen molar-refractivity contribution in [2.24, 2.45) is 14.1 Å². The lowest BCUT2D eigenvalue weighted by Crippen LogP contribution is -2.33. The minimum absolute atomic E-state index is 0.163. The van der Waals surface area contributed by atoms with E-state index in [1.165, 1.54) is 5.56 Å². The lowest BCUT2D eigenvalue weighted by molar-refractivity contribution is 0.199. The monoisotopic (exact) mass is 361 g/mol. The fraction of sp³-hybridized carbons (Fsp3) is 0.722. The fourth-order valence-corrected chi connectivity index (χ4v) is 3.75. The molecule has 1 aliphatic rings. The van der Waals surface area contributed by atoms with Gasteiger partial charge in [-0.2, -0.15) is 5.10 Å². The predicted octanol–water partition coefficient (Wildman–Crippen LogP) is 0.661. The standard InChI is InChI=1S/C18H31N7O/c1-14-16(11-23(3)21-14)12-25-7-5-15(6-8-25)18-20-19-17(24(18)4)13-22(2)9-10-26/h11,15,26H,5-10,12-13H2,1-4H3. The maximum absolute atomic E-state index is 9.05. The van der Waals surface area contributed by atoms with E-state index in [0.717, 1.165) is 49.8 Å². The number of likely N-dealkylation sites (tertiary alicyclic amines) is 1. The predicted molar refractivity (Wildman–Crippen MR) is 99.6 cm³/mol. The van der Waals surface area contributed by atoms with E-state index in [1.54, 1.807) is 0 Å². The summed E-state index contributed by atoms with van der Waals surface area (Å²) < 4.78 is 4.03. The Morgan fingerprint density at radius 1 is 1.23 bits per heavy atom. The van der Waals surface area contributed by atoms with Crippen LogP contribution in [0.2, 0.25) is 0 Å². The van der Waals surface area contributed by atoms with Crippen LogP contribution in [0.1, 0.15) is 41.7 Å². The molecule has 1 N–H and O–H groups in total. The first-order valence-corrected chi connectivity index (χ1v) is 9.37. The van der Waals surface area contributed by atoms with Gasteiger partial charge in [0.1, 0.15) is 11.6 Å². The smallest absolute Gasteiger partial charge is 0.146 e. The molecule has 144 valence electrons. The van der Waals surface area contributed by atoms with Crippen LogP contribution >= 0.6 is 0 Å². The number of hydrogen-bond donors (Lipinski definition) is 1. The first-order chi connectivity index (χ1) is 12.5. The number of aliphatic hydroxyl groups excluding tert-OH is 1. The normalized spacial score (nSPS) is 16.7. The quantitative estimate of drug-likeness (QED) is 0.781. The highest BCUT2D eigenvalue weighted by atomic mass is 16.3. The van der Waals surface area contributed by atoms with Crippen LogP contribution in [0.25, 0.3) is 0 Å². The van der Waals surface area contributed by atoms with Crippen molar-refractivity contribution >= 4 is 0 Å². The second-order valence-corrected chi connectivity index (χ2v) is 7.46. The number of hydrogen-bond acceptors (Lipinski definition) is 6. The lowest BCUT2D eigenvalue weighted by Gasteiger charge is -2.31. The van der Waals surface area contributed by atoms with E-state index in [1.807, 2.05) is 18.8 Å². The number of nitrogens with zero attached hydrogens (tertiary/aromatic N) is 7. The molecule has 3 heterocycles. The van der Waals surface area contributed by atoms with Crippen LogP contribution in [-0.4, -0.2) is 72.7 Å². The van der Waals surface area contributed by atoms with Gasteiger partial charge in [0.15, 0.2) is 0 Å². The summed E-state index contributed by atoms with van der Waals surface area (Å²) in [4.78, 5) is 4.57. The molecule has 8 nitrogen and oxygen atoms in total. The van der Waals surface area contributed by atoms with Crippen molar-refractivity contribution < 1.29 is 5.11 Å². The van der Waals surface area contributed by atoms with Crippen molar-refractivity contribution in [1.29, 1.82) is 0 Å². The summed E-state index contributed by atoms with van der Waals surface area (Å²) in [7, 11) is 6.03. The number of aryl methyl sites for hydroxylation is 2. The highest BCUT2D eigenvalue weighted by Gasteiger charge is 2.25. The van der Waals surface area contributed by atoms with Crippen molar-refractivity contribution in [1.82, 2.24) is 34.3 Å². The largest absolute Gasteiger partial charge is 0.395 e. The van der Waals surface area contributed by atoms with Gasteiger partial charge in [-0.1, -0.05) is 0 Å². The Hall–Kier alpha value is -1.77. The molecule has 0 atom stereocenters. The highest BCUT2D eigenvalue weighted by molar-refractivity contribution is 5.15. The van der Waals surface area contributed by atoms with Gasteiger partial charge in [0.25, 0.3) is 0 Å². The Kier molecular flexibility index (Phi) is 6.05. The van der Waals surface area contributed by atoms with E-state index in [9.17, 15) is 0 Å². The molecule has 0 aromatic carbocycles. The molecule has 8 heteroatoms. The zero-order chi connectivity index (χ0) is 18.7. The zero-order valence-corrected chi connectivity index (χ0v) is 16.4. The summed E-state index contributed by atoms with van der Waals surface area (Å²) in [6.07, 6.45) is 4.34. The SMILES string of the molecule is Cc1nn(C)cc1CN1CCC(c2nnc(CN(C)CCO)n2C)CC1. The molecule has 0 amide bonds. The molecule has 1 saturated heterocycles. The van der Waals surface area contributed by atoms with E-state index in [2.05, 4.69) is 49.8 Å². The Bertz CT molecular complexity index is 715. The molecular weight excluding hydrogens is 330 g/mol. The van der Waals surface area contributed by atoms with E-state index >= 15 is 0 Å². The molecule has 0 aliphatic carbocycles. The Labute approximate surface area is 155 Å². The Balaban J connectivity index is 1.56. The molecular formula is C18H31N7O. The maximum Gasteiger partial charge on any atom is 0.146 e. The van der Waals surface area contributed by atoms with Gasteiger partial charge in [0.05, 0.1) is 18.8 Å². The van der Waals surface area contributed by atoms with Gasteiger partial charge in [0, 0.05) is 44.9 Å².